The fourth-order valence-electron chi connectivity index (χ4n) is 2.46. The van der Waals surface area contributed by atoms with Crippen LogP contribution in [-0.2, 0) is 0 Å². The first-order valence-electron chi connectivity index (χ1n) is 7.64. The van der Waals surface area contributed by atoms with E-state index in [-0.39, 0.29) is 5.56 Å². The molecule has 0 aliphatic heterocycles. The van der Waals surface area contributed by atoms with E-state index in [9.17, 15) is 17.6 Å². The number of hydrogen-bond acceptors (Lipinski definition) is 0. The minimum absolute atomic E-state index is 0.152. The van der Waals surface area contributed by atoms with Gasteiger partial charge in [0.05, 0.1) is 0 Å². The fraction of sp³-hybridized carbons (Fsp3) is 0.0476. The normalized spacial score (nSPS) is 12.0. The lowest BCUT2D eigenvalue weighted by molar-refractivity contribution is 0.611. The quantitative estimate of drug-likeness (QED) is 0.367. The van der Waals surface area contributed by atoms with E-state index in [0.29, 0.717) is 5.56 Å². The number of halogens is 4. The lowest BCUT2D eigenvalue weighted by Crippen LogP contribution is -1.91. The van der Waals surface area contributed by atoms with E-state index in [1.54, 1.807) is 0 Å². The Kier molecular flexibility index (Phi) is 4.70. The highest BCUT2D eigenvalue weighted by atomic mass is 19.2. The molecule has 0 aromatic heterocycles. The first-order valence-corrected chi connectivity index (χ1v) is 7.64. The van der Waals surface area contributed by atoms with Crippen LogP contribution in [0.4, 0.5) is 17.6 Å². The van der Waals surface area contributed by atoms with Crippen molar-refractivity contribution in [3.8, 4) is 11.1 Å². The zero-order valence-corrected chi connectivity index (χ0v) is 13.4. The molecular weight excluding hydrogens is 328 g/mol. The predicted octanol–water partition coefficient (Wildman–Crippen LogP) is 6.71. The van der Waals surface area contributed by atoms with Crippen LogP contribution in [0.15, 0.2) is 66.7 Å². The molecule has 0 atom stereocenters. The molecule has 0 aliphatic rings. The standard InChI is InChI=1S/C21H14F4/c1-13-2-4-14(5-3-13)16-8-11-18(19(23)12-16)21(25)20(24)15-6-9-17(22)10-7-15/h2-12H,1H3/b21-20+. The van der Waals surface area contributed by atoms with Gasteiger partial charge in [0.2, 0.25) is 0 Å². The summed E-state index contributed by atoms with van der Waals surface area (Å²) in [5.74, 6) is -3.99. The van der Waals surface area contributed by atoms with Crippen LogP contribution in [0.3, 0.4) is 0 Å². The molecule has 0 unspecified atom stereocenters. The lowest BCUT2D eigenvalue weighted by atomic mass is 10.0. The average Bonchev–Trinajstić information content (AvgIpc) is 2.62. The van der Waals surface area contributed by atoms with Crippen molar-refractivity contribution in [1.82, 2.24) is 0 Å². The van der Waals surface area contributed by atoms with Crippen molar-refractivity contribution in [2.24, 2.45) is 0 Å². The summed E-state index contributed by atoms with van der Waals surface area (Å²) in [4.78, 5) is 0. The van der Waals surface area contributed by atoms with E-state index < -0.39 is 28.9 Å². The molecule has 0 amide bonds. The summed E-state index contributed by atoms with van der Waals surface area (Å²) in [5.41, 5.74) is 1.78. The maximum Gasteiger partial charge on any atom is 0.169 e. The van der Waals surface area contributed by atoms with Gasteiger partial charge in [0.1, 0.15) is 11.6 Å². The third kappa shape index (κ3) is 3.63. The first kappa shape index (κ1) is 17.0. The van der Waals surface area contributed by atoms with Crippen LogP contribution >= 0.6 is 0 Å². The van der Waals surface area contributed by atoms with Crippen LogP contribution in [-0.4, -0.2) is 0 Å². The van der Waals surface area contributed by atoms with Crippen molar-refractivity contribution in [3.05, 3.63) is 95.1 Å². The molecule has 0 heterocycles. The molecule has 0 spiro atoms. The Labute approximate surface area is 143 Å². The second kappa shape index (κ2) is 6.93. The van der Waals surface area contributed by atoms with Gasteiger partial charge in [-0.1, -0.05) is 35.9 Å². The molecule has 0 bridgehead atoms. The minimum atomic E-state index is -1.32. The van der Waals surface area contributed by atoms with E-state index >= 15 is 0 Å². The zero-order valence-electron chi connectivity index (χ0n) is 13.4. The van der Waals surface area contributed by atoms with E-state index in [4.69, 9.17) is 0 Å². The van der Waals surface area contributed by atoms with E-state index in [2.05, 4.69) is 0 Å². The molecule has 0 radical (unpaired) electrons. The molecule has 0 aliphatic carbocycles. The second-order valence-corrected chi connectivity index (χ2v) is 5.70. The van der Waals surface area contributed by atoms with Crippen LogP contribution in [0.1, 0.15) is 16.7 Å². The number of rotatable bonds is 3. The smallest absolute Gasteiger partial charge is 0.169 e. The van der Waals surface area contributed by atoms with Crippen LogP contribution < -0.4 is 0 Å². The number of aryl methyl sites for hydroxylation is 1. The summed E-state index contributed by atoms with van der Waals surface area (Å²) < 4.78 is 55.7. The number of hydrogen-bond donors (Lipinski definition) is 0. The van der Waals surface area contributed by atoms with Gasteiger partial charge in [-0.05, 0) is 54.4 Å². The maximum absolute atomic E-state index is 14.3. The van der Waals surface area contributed by atoms with Crippen molar-refractivity contribution in [3.63, 3.8) is 0 Å². The van der Waals surface area contributed by atoms with Crippen molar-refractivity contribution < 1.29 is 17.6 Å². The van der Waals surface area contributed by atoms with Gasteiger partial charge in [-0.25, -0.2) is 17.6 Å². The van der Waals surface area contributed by atoms with Crippen LogP contribution in [0.25, 0.3) is 22.8 Å². The summed E-state index contributed by atoms with van der Waals surface area (Å²) in [5, 5.41) is 0. The first-order chi connectivity index (χ1) is 12.0. The monoisotopic (exact) mass is 342 g/mol. The van der Waals surface area contributed by atoms with Crippen LogP contribution in [0.2, 0.25) is 0 Å². The van der Waals surface area contributed by atoms with Crippen molar-refractivity contribution >= 4 is 11.7 Å². The van der Waals surface area contributed by atoms with Gasteiger partial charge in [-0.3, -0.25) is 0 Å². The summed E-state index contributed by atoms with van der Waals surface area (Å²) in [6, 6.07) is 15.5. The zero-order chi connectivity index (χ0) is 18.0. The van der Waals surface area contributed by atoms with Gasteiger partial charge in [0.25, 0.3) is 0 Å². The second-order valence-electron chi connectivity index (χ2n) is 5.70. The highest BCUT2D eigenvalue weighted by Gasteiger charge is 2.16. The molecule has 0 nitrogen and oxygen atoms in total. The molecule has 0 N–H and O–H groups in total. The average molecular weight is 342 g/mol. The highest BCUT2D eigenvalue weighted by Crippen LogP contribution is 2.32. The highest BCUT2D eigenvalue weighted by molar-refractivity contribution is 5.84. The molecule has 3 rings (SSSR count). The molecule has 3 aromatic rings. The van der Waals surface area contributed by atoms with Crippen molar-refractivity contribution in [1.29, 1.82) is 0 Å². The molecule has 25 heavy (non-hydrogen) atoms. The summed E-state index contributed by atoms with van der Waals surface area (Å²) in [6.07, 6.45) is 0. The summed E-state index contributed by atoms with van der Waals surface area (Å²) in [6.45, 7) is 1.94. The van der Waals surface area contributed by atoms with Crippen molar-refractivity contribution in [2.75, 3.05) is 0 Å². The van der Waals surface area contributed by atoms with Crippen LogP contribution in [0.5, 0.6) is 0 Å². The Hall–Kier alpha value is -2.88. The van der Waals surface area contributed by atoms with Crippen molar-refractivity contribution in [2.45, 2.75) is 6.92 Å². The fourth-order valence-corrected chi connectivity index (χ4v) is 2.46. The Morgan fingerprint density at radius 1 is 0.680 bits per heavy atom. The van der Waals surface area contributed by atoms with Gasteiger partial charge in [0.15, 0.2) is 11.7 Å². The predicted molar refractivity (Wildman–Crippen MR) is 92.0 cm³/mol. The van der Waals surface area contributed by atoms with Crippen LogP contribution in [0, 0.1) is 18.6 Å². The van der Waals surface area contributed by atoms with E-state index in [1.807, 2.05) is 31.2 Å². The SMILES string of the molecule is Cc1ccc(-c2ccc(/C(F)=C(\F)c3ccc(F)cc3)c(F)c2)cc1. The van der Waals surface area contributed by atoms with E-state index in [0.717, 1.165) is 41.5 Å². The maximum atomic E-state index is 14.3. The topological polar surface area (TPSA) is 0 Å². The van der Waals surface area contributed by atoms with Gasteiger partial charge >= 0.3 is 0 Å². The molecule has 0 saturated carbocycles. The largest absolute Gasteiger partial charge is 0.207 e. The summed E-state index contributed by atoms with van der Waals surface area (Å²) in [7, 11) is 0. The molecular formula is C21H14F4. The Balaban J connectivity index is 1.98. The summed E-state index contributed by atoms with van der Waals surface area (Å²) >= 11 is 0. The van der Waals surface area contributed by atoms with Gasteiger partial charge in [0, 0.05) is 11.1 Å². The third-order valence-electron chi connectivity index (χ3n) is 3.88. The van der Waals surface area contributed by atoms with Gasteiger partial charge in [-0.2, -0.15) is 0 Å². The van der Waals surface area contributed by atoms with Gasteiger partial charge < -0.3 is 0 Å². The molecule has 0 saturated heterocycles. The number of benzene rings is 3. The Bertz CT molecular complexity index is 923. The molecule has 3 aromatic carbocycles. The molecule has 126 valence electrons. The Morgan fingerprint density at radius 3 is 1.88 bits per heavy atom. The minimum Gasteiger partial charge on any atom is -0.207 e. The lowest BCUT2D eigenvalue weighted by Gasteiger charge is -2.07. The van der Waals surface area contributed by atoms with E-state index in [1.165, 1.54) is 12.1 Å². The van der Waals surface area contributed by atoms with Gasteiger partial charge in [-0.15, -0.1) is 0 Å². The third-order valence-corrected chi connectivity index (χ3v) is 3.88. The molecule has 4 heteroatoms. The Morgan fingerprint density at radius 2 is 1.28 bits per heavy atom. The molecule has 0 fully saturated rings.